The molecule has 1 aliphatic rings. The first-order valence-electron chi connectivity index (χ1n) is 12.9. The minimum absolute atomic E-state index is 0.0262. The number of alkyl halides is 3. The van der Waals surface area contributed by atoms with Crippen LogP contribution in [0.2, 0.25) is 0 Å². The van der Waals surface area contributed by atoms with E-state index in [0.717, 1.165) is 19.3 Å². The van der Waals surface area contributed by atoms with Crippen molar-refractivity contribution in [1.82, 2.24) is 15.0 Å². The van der Waals surface area contributed by atoms with E-state index < -0.39 is 35.5 Å². The van der Waals surface area contributed by atoms with Gasteiger partial charge in [-0.05, 0) is 50.3 Å². The number of rotatable bonds is 11. The monoisotopic (exact) mass is 585 g/mol. The molecule has 0 unspecified atom stereocenters. The summed E-state index contributed by atoms with van der Waals surface area (Å²) in [6, 6.07) is 5.72. The highest BCUT2D eigenvalue weighted by atomic mass is 19.4. The van der Waals surface area contributed by atoms with Gasteiger partial charge in [0.1, 0.15) is 17.1 Å². The van der Waals surface area contributed by atoms with Crippen LogP contribution in [-0.4, -0.2) is 40.0 Å². The molecule has 5 N–H and O–H groups in total. The summed E-state index contributed by atoms with van der Waals surface area (Å²) in [5.74, 6) is -1.47. The Bertz CT molecular complexity index is 1510. The number of ether oxygens (including phenoxy) is 2. The number of nitrogens with two attached hydrogens (primary N) is 1. The average molecular weight is 586 g/mol. The summed E-state index contributed by atoms with van der Waals surface area (Å²) in [5, 5.41) is 8.26. The first-order chi connectivity index (χ1) is 19.8. The topological polar surface area (TPSA) is 153 Å². The molecule has 3 aromatic rings. The van der Waals surface area contributed by atoms with Crippen LogP contribution in [0.5, 0.6) is 11.6 Å². The number of amides is 2. The molecule has 11 nitrogen and oxygen atoms in total. The van der Waals surface area contributed by atoms with Crippen molar-refractivity contribution in [3.63, 3.8) is 0 Å². The quantitative estimate of drug-likeness (QED) is 0.221. The van der Waals surface area contributed by atoms with Crippen molar-refractivity contribution in [1.29, 1.82) is 0 Å². The molecule has 222 valence electrons. The number of benzene rings is 1. The van der Waals surface area contributed by atoms with Gasteiger partial charge in [0.05, 0.1) is 24.2 Å². The van der Waals surface area contributed by atoms with Gasteiger partial charge in [0.15, 0.2) is 6.10 Å². The van der Waals surface area contributed by atoms with Crippen LogP contribution in [-0.2, 0) is 15.8 Å². The standard InChI is InChI=1S/C28H30F3N7O4/c1-14-12-33-23(41-4)11-21(14)37-27-34-13-19(28(29,30)31)25(38-27)35-20-9-8-18(42-16(3)24(32)39)10-22(20)36-26(40)15(2)17-6-5-7-17/h8-13,16-17H,2,5-7H2,1,3-4H3,(H2,32,39)(H,36,40)(H2,33,34,35,37,38)/t16-/m1/s1. The zero-order valence-corrected chi connectivity index (χ0v) is 23.1. The Morgan fingerprint density at radius 2 is 1.83 bits per heavy atom. The van der Waals surface area contributed by atoms with Crippen LogP contribution < -0.4 is 31.2 Å². The molecule has 42 heavy (non-hydrogen) atoms. The first kappa shape index (κ1) is 30.1. The van der Waals surface area contributed by atoms with Gasteiger partial charge in [-0.25, -0.2) is 9.97 Å². The Balaban J connectivity index is 1.71. The molecule has 2 heterocycles. The summed E-state index contributed by atoms with van der Waals surface area (Å²) >= 11 is 0. The fourth-order valence-corrected chi connectivity index (χ4v) is 3.96. The molecule has 2 aromatic heterocycles. The zero-order valence-electron chi connectivity index (χ0n) is 23.1. The van der Waals surface area contributed by atoms with Crippen molar-refractivity contribution >= 4 is 40.6 Å². The van der Waals surface area contributed by atoms with Crippen LogP contribution in [0.25, 0.3) is 0 Å². The van der Waals surface area contributed by atoms with E-state index >= 15 is 0 Å². The lowest BCUT2D eigenvalue weighted by atomic mass is 9.80. The molecule has 0 bridgehead atoms. The van der Waals surface area contributed by atoms with Gasteiger partial charge in [-0.15, -0.1) is 0 Å². The minimum atomic E-state index is -4.81. The van der Waals surface area contributed by atoms with Gasteiger partial charge in [-0.2, -0.15) is 18.2 Å². The van der Waals surface area contributed by atoms with Crippen molar-refractivity contribution in [3.05, 3.63) is 59.9 Å². The number of aromatic nitrogens is 3. The number of carbonyl (C=O) groups excluding carboxylic acids is 2. The molecule has 4 rings (SSSR count). The number of anilines is 5. The summed E-state index contributed by atoms with van der Waals surface area (Å²) in [6.45, 7) is 7.07. The minimum Gasteiger partial charge on any atom is -0.481 e. The SMILES string of the molecule is C=C(C(=O)Nc1cc(O[C@H](C)C(N)=O)ccc1Nc1nc(Nc2cc(OC)ncc2C)ncc1C(F)(F)F)C1CCC1. The van der Waals surface area contributed by atoms with Gasteiger partial charge < -0.3 is 31.2 Å². The van der Waals surface area contributed by atoms with Crippen molar-refractivity contribution in [3.8, 4) is 11.6 Å². The first-order valence-corrected chi connectivity index (χ1v) is 12.9. The summed E-state index contributed by atoms with van der Waals surface area (Å²) in [7, 11) is 1.43. The summed E-state index contributed by atoms with van der Waals surface area (Å²) in [4.78, 5) is 36.5. The second-order valence-corrected chi connectivity index (χ2v) is 9.72. The number of methoxy groups -OCH3 is 1. The Morgan fingerprint density at radius 3 is 2.45 bits per heavy atom. The molecule has 1 aliphatic carbocycles. The predicted molar refractivity (Wildman–Crippen MR) is 150 cm³/mol. The molecular weight excluding hydrogens is 555 g/mol. The van der Waals surface area contributed by atoms with Gasteiger partial charge in [0, 0.05) is 30.1 Å². The number of hydrogen-bond acceptors (Lipinski definition) is 9. The fraction of sp³-hybridized carbons (Fsp3) is 0.321. The highest BCUT2D eigenvalue weighted by Gasteiger charge is 2.36. The van der Waals surface area contributed by atoms with Crippen LogP contribution in [0.3, 0.4) is 0 Å². The highest BCUT2D eigenvalue weighted by molar-refractivity contribution is 6.05. The predicted octanol–water partition coefficient (Wildman–Crippen LogP) is 5.24. The van der Waals surface area contributed by atoms with Gasteiger partial charge in [-0.1, -0.05) is 13.0 Å². The summed E-state index contributed by atoms with van der Waals surface area (Å²) in [6.07, 6.45) is -1.00. The van der Waals surface area contributed by atoms with E-state index in [1.807, 2.05) is 0 Å². The molecule has 1 fully saturated rings. The normalized spacial score (nSPS) is 13.9. The summed E-state index contributed by atoms with van der Waals surface area (Å²) in [5.41, 5.74) is 5.79. The third-order valence-electron chi connectivity index (χ3n) is 6.72. The van der Waals surface area contributed by atoms with Gasteiger partial charge >= 0.3 is 6.18 Å². The van der Waals surface area contributed by atoms with E-state index in [2.05, 4.69) is 37.5 Å². The van der Waals surface area contributed by atoms with E-state index in [1.54, 1.807) is 13.0 Å². The highest BCUT2D eigenvalue weighted by Crippen LogP contribution is 2.38. The van der Waals surface area contributed by atoms with E-state index in [9.17, 15) is 22.8 Å². The Morgan fingerprint density at radius 1 is 1.10 bits per heavy atom. The molecule has 1 aromatic carbocycles. The Hall–Kier alpha value is -4.88. The molecule has 2 amide bonds. The maximum Gasteiger partial charge on any atom is 0.421 e. The lowest BCUT2D eigenvalue weighted by Gasteiger charge is -2.27. The molecule has 0 aliphatic heterocycles. The van der Waals surface area contributed by atoms with Gasteiger partial charge in [0.2, 0.25) is 11.8 Å². The molecule has 0 saturated heterocycles. The second kappa shape index (κ2) is 12.3. The Kier molecular flexibility index (Phi) is 8.83. The average Bonchev–Trinajstić information content (AvgIpc) is 2.89. The maximum absolute atomic E-state index is 14.0. The van der Waals surface area contributed by atoms with Crippen LogP contribution in [0.4, 0.5) is 42.0 Å². The van der Waals surface area contributed by atoms with E-state index in [1.165, 1.54) is 38.4 Å². The lowest BCUT2D eigenvalue weighted by molar-refractivity contribution is -0.137. The van der Waals surface area contributed by atoms with Crippen molar-refractivity contribution < 1.29 is 32.2 Å². The van der Waals surface area contributed by atoms with Crippen molar-refractivity contribution in [2.75, 3.05) is 23.1 Å². The zero-order chi connectivity index (χ0) is 30.6. The smallest absolute Gasteiger partial charge is 0.421 e. The third-order valence-corrected chi connectivity index (χ3v) is 6.72. The number of hydrogen-bond donors (Lipinski definition) is 4. The van der Waals surface area contributed by atoms with Gasteiger partial charge in [-0.3, -0.25) is 9.59 Å². The van der Waals surface area contributed by atoms with E-state index in [0.29, 0.717) is 23.0 Å². The Labute approximate surface area is 239 Å². The number of nitrogens with one attached hydrogen (secondary N) is 3. The lowest BCUT2D eigenvalue weighted by Crippen LogP contribution is -2.30. The third kappa shape index (κ3) is 7.06. The second-order valence-electron chi connectivity index (χ2n) is 9.72. The number of nitrogens with zero attached hydrogens (tertiary/aromatic N) is 3. The van der Waals surface area contributed by atoms with Crippen LogP contribution >= 0.6 is 0 Å². The number of pyridine rings is 1. The van der Waals surface area contributed by atoms with Crippen molar-refractivity contribution in [2.24, 2.45) is 11.7 Å². The molecule has 0 radical (unpaired) electrons. The van der Waals surface area contributed by atoms with E-state index in [4.69, 9.17) is 15.2 Å². The fourth-order valence-electron chi connectivity index (χ4n) is 3.96. The molecule has 14 heteroatoms. The molecule has 1 saturated carbocycles. The van der Waals surface area contributed by atoms with Crippen molar-refractivity contribution in [2.45, 2.75) is 45.4 Å². The number of carbonyl (C=O) groups is 2. The van der Waals surface area contributed by atoms with E-state index in [-0.39, 0.29) is 34.9 Å². The van der Waals surface area contributed by atoms with Crippen LogP contribution in [0, 0.1) is 12.8 Å². The molecule has 1 atom stereocenters. The number of primary amides is 1. The molecule has 0 spiro atoms. The number of halogens is 3. The summed E-state index contributed by atoms with van der Waals surface area (Å²) < 4.78 is 52.6. The largest absolute Gasteiger partial charge is 0.481 e. The van der Waals surface area contributed by atoms with Crippen LogP contribution in [0.15, 0.2) is 48.8 Å². The maximum atomic E-state index is 14.0. The number of aryl methyl sites for hydroxylation is 1. The van der Waals surface area contributed by atoms with Gasteiger partial charge in [0.25, 0.3) is 11.8 Å². The molecular formula is C28H30F3N7O4. The van der Waals surface area contributed by atoms with Crippen LogP contribution in [0.1, 0.15) is 37.3 Å².